The molecule has 1 fully saturated rings. The molecule has 0 bridgehead atoms. The molecule has 17 heavy (non-hydrogen) atoms. The van der Waals surface area contributed by atoms with Crippen molar-refractivity contribution in [3.63, 3.8) is 0 Å². The Bertz CT molecular complexity index is 391. The minimum atomic E-state index is 0.107. The molecule has 2 nitrogen and oxygen atoms in total. The zero-order valence-electron chi connectivity index (χ0n) is 9.97. The summed E-state index contributed by atoms with van der Waals surface area (Å²) in [5, 5.41) is 0. The standard InChI is InChI=1S/C15H18O2/c1-2-6-13(7-3-1)12-16-14-10-15(11-14)8-4-5-9-17-15/h1-7,14H,8-12H2. The summed E-state index contributed by atoms with van der Waals surface area (Å²) in [6.07, 6.45) is 7.86. The number of ether oxygens (including phenoxy) is 2. The molecule has 1 aromatic carbocycles. The Labute approximate surface area is 102 Å². The maximum absolute atomic E-state index is 5.89. The molecular weight excluding hydrogens is 212 g/mol. The van der Waals surface area contributed by atoms with Gasteiger partial charge in [0, 0.05) is 12.8 Å². The summed E-state index contributed by atoms with van der Waals surface area (Å²) in [7, 11) is 0. The van der Waals surface area contributed by atoms with Crippen molar-refractivity contribution < 1.29 is 9.47 Å². The van der Waals surface area contributed by atoms with Crippen LogP contribution in [0.4, 0.5) is 0 Å². The highest BCUT2D eigenvalue weighted by Gasteiger charge is 2.45. The van der Waals surface area contributed by atoms with E-state index in [-0.39, 0.29) is 5.60 Å². The third kappa shape index (κ3) is 2.43. The number of hydrogen-bond acceptors (Lipinski definition) is 2. The van der Waals surface area contributed by atoms with Crippen molar-refractivity contribution in [2.45, 2.75) is 37.6 Å². The van der Waals surface area contributed by atoms with E-state index in [0.717, 1.165) is 32.5 Å². The SMILES string of the molecule is C1=CCC2(CC(OCc3ccccc3)C2)OC1. The maximum atomic E-state index is 5.89. The molecule has 90 valence electrons. The van der Waals surface area contributed by atoms with Crippen molar-refractivity contribution in [2.75, 3.05) is 6.61 Å². The van der Waals surface area contributed by atoms with E-state index < -0.39 is 0 Å². The first kappa shape index (κ1) is 11.0. The second-order valence-electron chi connectivity index (χ2n) is 5.00. The fraction of sp³-hybridized carbons (Fsp3) is 0.467. The second kappa shape index (κ2) is 4.63. The van der Waals surface area contributed by atoms with Gasteiger partial charge in [-0.25, -0.2) is 0 Å². The van der Waals surface area contributed by atoms with Gasteiger partial charge in [-0.1, -0.05) is 42.5 Å². The van der Waals surface area contributed by atoms with E-state index >= 15 is 0 Å². The number of hydrogen-bond donors (Lipinski definition) is 0. The smallest absolute Gasteiger partial charge is 0.0770 e. The summed E-state index contributed by atoms with van der Waals surface area (Å²) in [5.41, 5.74) is 1.36. The summed E-state index contributed by atoms with van der Waals surface area (Å²) in [5.74, 6) is 0. The third-order valence-electron chi connectivity index (χ3n) is 3.67. The van der Waals surface area contributed by atoms with Gasteiger partial charge in [0.1, 0.15) is 0 Å². The first-order valence-corrected chi connectivity index (χ1v) is 6.31. The molecule has 0 radical (unpaired) electrons. The van der Waals surface area contributed by atoms with Crippen molar-refractivity contribution in [3.05, 3.63) is 48.0 Å². The normalized spacial score (nSPS) is 31.4. The van der Waals surface area contributed by atoms with E-state index in [1.165, 1.54) is 5.56 Å². The Morgan fingerprint density at radius 1 is 1.18 bits per heavy atom. The van der Waals surface area contributed by atoms with Crippen LogP contribution in [0.5, 0.6) is 0 Å². The van der Waals surface area contributed by atoms with E-state index in [1.807, 2.05) is 6.07 Å². The van der Waals surface area contributed by atoms with Gasteiger partial charge in [-0.2, -0.15) is 0 Å². The van der Waals surface area contributed by atoms with Crippen LogP contribution in [0, 0.1) is 0 Å². The fourth-order valence-electron chi connectivity index (χ4n) is 2.61. The average molecular weight is 230 g/mol. The van der Waals surface area contributed by atoms with Crippen molar-refractivity contribution in [1.29, 1.82) is 0 Å². The van der Waals surface area contributed by atoms with Gasteiger partial charge in [-0.3, -0.25) is 0 Å². The minimum Gasteiger partial charge on any atom is -0.373 e. The Kier molecular flexibility index (Phi) is 3.00. The van der Waals surface area contributed by atoms with Crippen LogP contribution in [0.2, 0.25) is 0 Å². The predicted molar refractivity (Wildman–Crippen MR) is 66.7 cm³/mol. The van der Waals surface area contributed by atoms with Gasteiger partial charge in [0.25, 0.3) is 0 Å². The first-order valence-electron chi connectivity index (χ1n) is 6.31. The van der Waals surface area contributed by atoms with Crippen LogP contribution in [0.1, 0.15) is 24.8 Å². The molecule has 0 atom stereocenters. The van der Waals surface area contributed by atoms with Gasteiger partial charge in [-0.15, -0.1) is 0 Å². The number of benzene rings is 1. The van der Waals surface area contributed by atoms with Crippen molar-refractivity contribution in [2.24, 2.45) is 0 Å². The molecule has 0 aromatic heterocycles. The zero-order chi connectivity index (χ0) is 11.6. The van der Waals surface area contributed by atoms with Crippen LogP contribution in [0.15, 0.2) is 42.5 Å². The van der Waals surface area contributed by atoms with Crippen molar-refractivity contribution in [3.8, 4) is 0 Å². The predicted octanol–water partition coefficient (Wildman–Crippen LogP) is 3.08. The van der Waals surface area contributed by atoms with E-state index in [9.17, 15) is 0 Å². The lowest BCUT2D eigenvalue weighted by Gasteiger charge is -2.47. The Morgan fingerprint density at radius 3 is 2.71 bits per heavy atom. The lowest BCUT2D eigenvalue weighted by atomic mass is 9.74. The minimum absolute atomic E-state index is 0.107. The topological polar surface area (TPSA) is 18.5 Å². The third-order valence-corrected chi connectivity index (χ3v) is 3.67. The van der Waals surface area contributed by atoms with Crippen LogP contribution >= 0.6 is 0 Å². The number of rotatable bonds is 3. The highest BCUT2D eigenvalue weighted by molar-refractivity contribution is 5.14. The van der Waals surface area contributed by atoms with Crippen LogP contribution in [0.25, 0.3) is 0 Å². The summed E-state index contributed by atoms with van der Waals surface area (Å²) in [4.78, 5) is 0. The van der Waals surface area contributed by atoms with E-state index in [0.29, 0.717) is 6.10 Å². The Morgan fingerprint density at radius 2 is 2.00 bits per heavy atom. The Balaban J connectivity index is 1.46. The van der Waals surface area contributed by atoms with Gasteiger partial charge in [0.05, 0.1) is 24.9 Å². The summed E-state index contributed by atoms with van der Waals surface area (Å²) < 4.78 is 11.7. The molecule has 1 saturated carbocycles. The molecule has 1 aromatic rings. The molecule has 2 aliphatic rings. The van der Waals surface area contributed by atoms with E-state index in [4.69, 9.17) is 9.47 Å². The Hall–Kier alpha value is -1.12. The van der Waals surface area contributed by atoms with Crippen LogP contribution in [0.3, 0.4) is 0 Å². The van der Waals surface area contributed by atoms with Crippen LogP contribution < -0.4 is 0 Å². The monoisotopic (exact) mass is 230 g/mol. The van der Waals surface area contributed by atoms with E-state index in [2.05, 4.69) is 36.4 Å². The van der Waals surface area contributed by atoms with Crippen molar-refractivity contribution >= 4 is 0 Å². The molecule has 1 spiro atoms. The molecule has 1 heterocycles. The highest BCUT2D eigenvalue weighted by Crippen LogP contribution is 2.42. The van der Waals surface area contributed by atoms with Gasteiger partial charge in [-0.05, 0) is 12.0 Å². The van der Waals surface area contributed by atoms with Crippen LogP contribution in [-0.4, -0.2) is 18.3 Å². The fourth-order valence-corrected chi connectivity index (χ4v) is 2.61. The first-order chi connectivity index (χ1) is 8.36. The van der Waals surface area contributed by atoms with Gasteiger partial charge >= 0.3 is 0 Å². The summed E-state index contributed by atoms with van der Waals surface area (Å²) in [6, 6.07) is 10.3. The molecule has 2 heteroatoms. The second-order valence-corrected chi connectivity index (χ2v) is 5.00. The lowest BCUT2D eigenvalue weighted by molar-refractivity contribution is -0.172. The molecule has 1 aliphatic heterocycles. The van der Waals surface area contributed by atoms with Gasteiger partial charge in [0.2, 0.25) is 0 Å². The average Bonchev–Trinajstić information content (AvgIpc) is 2.36. The largest absolute Gasteiger partial charge is 0.373 e. The molecule has 0 saturated heterocycles. The molecular formula is C15H18O2. The molecule has 0 N–H and O–H groups in total. The van der Waals surface area contributed by atoms with Gasteiger partial charge in [0.15, 0.2) is 0 Å². The molecule has 0 unspecified atom stereocenters. The highest BCUT2D eigenvalue weighted by atomic mass is 16.5. The summed E-state index contributed by atoms with van der Waals surface area (Å²) in [6.45, 7) is 1.49. The van der Waals surface area contributed by atoms with E-state index in [1.54, 1.807) is 0 Å². The van der Waals surface area contributed by atoms with Crippen LogP contribution in [-0.2, 0) is 16.1 Å². The molecule has 1 aliphatic carbocycles. The van der Waals surface area contributed by atoms with Crippen molar-refractivity contribution in [1.82, 2.24) is 0 Å². The molecule has 3 rings (SSSR count). The molecule has 0 amide bonds. The van der Waals surface area contributed by atoms with Gasteiger partial charge < -0.3 is 9.47 Å². The lowest BCUT2D eigenvalue weighted by Crippen LogP contribution is -2.51. The quantitative estimate of drug-likeness (QED) is 0.743. The summed E-state index contributed by atoms with van der Waals surface area (Å²) >= 11 is 0. The maximum Gasteiger partial charge on any atom is 0.0770 e. The zero-order valence-corrected chi connectivity index (χ0v) is 9.97.